The van der Waals surface area contributed by atoms with Crippen LogP contribution in [0, 0.1) is 0 Å². The van der Waals surface area contributed by atoms with Crippen LogP contribution in [0.3, 0.4) is 0 Å². The van der Waals surface area contributed by atoms with E-state index in [1.54, 1.807) is 0 Å². The zero-order valence-corrected chi connectivity index (χ0v) is 80.7. The summed E-state index contributed by atoms with van der Waals surface area (Å²) in [6, 6.07) is 142. The summed E-state index contributed by atoms with van der Waals surface area (Å²) in [5, 5.41) is 17.8. The topological polar surface area (TPSA) is 159 Å². The fourth-order valence-electron chi connectivity index (χ4n) is 20.8. The number of benzene rings is 16. The molecule has 724 valence electrons. The molecule has 21 rings (SSSR count). The lowest BCUT2D eigenvalue weighted by Crippen LogP contribution is -2.52. The maximum Gasteiger partial charge on any atom is 0.123 e. The average Bonchev–Trinajstić information content (AvgIpc) is 1.61. The van der Waals surface area contributed by atoms with Gasteiger partial charge < -0.3 is 78.1 Å². The van der Waals surface area contributed by atoms with Crippen LogP contribution in [0.4, 0.5) is 0 Å². The van der Waals surface area contributed by atoms with Crippen molar-refractivity contribution in [1.82, 2.24) is 21.3 Å². The Hall–Kier alpha value is -15.6. The van der Waals surface area contributed by atoms with E-state index < -0.39 is 0 Å². The van der Waals surface area contributed by atoms with Crippen molar-refractivity contribution in [1.29, 1.82) is 0 Å². The second-order valence-corrected chi connectivity index (χ2v) is 38.1. The fourth-order valence-corrected chi connectivity index (χ4v) is 20.8. The molecule has 12 unspecified atom stereocenters. The smallest absolute Gasteiger partial charge is 0.123 e. The molecule has 16 heteroatoms. The molecule has 8 bridgehead atoms. The molecule has 5 aliphatic rings. The van der Waals surface area contributed by atoms with Crippen LogP contribution in [0.25, 0.3) is 0 Å². The first kappa shape index (κ1) is 94.7. The van der Waals surface area contributed by atoms with Crippen LogP contribution in [-0.4, -0.2) is 48.3 Å². The quantitative estimate of drug-likeness (QED) is 0.0269. The van der Waals surface area contributed by atoms with Crippen molar-refractivity contribution in [3.8, 4) is 69.0 Å². The van der Waals surface area contributed by atoms with Crippen LogP contribution in [0.5, 0.6) is 69.0 Å². The van der Waals surface area contributed by atoms with Gasteiger partial charge in [-0.2, -0.15) is 0 Å². The number of nitrogens with one attached hydrogen (secondary N) is 4. The summed E-state index contributed by atoms with van der Waals surface area (Å²) in [7, 11) is 0. The lowest BCUT2D eigenvalue weighted by molar-refractivity contribution is 0.281. The minimum absolute atomic E-state index is 0.00668. The zero-order valence-electron chi connectivity index (χ0n) is 80.7. The van der Waals surface area contributed by atoms with E-state index in [0.717, 1.165) is 115 Å². The van der Waals surface area contributed by atoms with E-state index in [-0.39, 0.29) is 72.0 Å². The Bertz CT molecular complexity index is 5770. The van der Waals surface area contributed by atoms with Crippen LogP contribution in [0.15, 0.2) is 437 Å². The molecule has 0 amide bonds. The van der Waals surface area contributed by atoms with Crippen molar-refractivity contribution >= 4 is 0 Å². The Morgan fingerprint density at radius 2 is 0.292 bits per heavy atom. The first-order valence-corrected chi connectivity index (χ1v) is 50.4. The van der Waals surface area contributed by atoms with Gasteiger partial charge in [0.2, 0.25) is 0 Å². The lowest BCUT2D eigenvalue weighted by atomic mass is 9.83. The minimum Gasteiger partial charge on any atom is -0.489 e. The van der Waals surface area contributed by atoms with Gasteiger partial charge in [0, 0.05) is 96.3 Å². The van der Waals surface area contributed by atoms with Crippen molar-refractivity contribution in [3.05, 3.63) is 526 Å². The molecule has 16 aromatic carbocycles. The van der Waals surface area contributed by atoms with E-state index in [1.165, 1.54) is 22.3 Å². The summed E-state index contributed by atoms with van der Waals surface area (Å²) in [5.74, 6) is 8.68. The van der Waals surface area contributed by atoms with E-state index in [9.17, 15) is 0 Å². The largest absolute Gasteiger partial charge is 0.489 e. The molecule has 16 aromatic rings. The van der Waals surface area contributed by atoms with E-state index in [2.05, 4.69) is 288 Å². The summed E-state index contributed by atoms with van der Waals surface area (Å²) >= 11 is 0. The highest BCUT2D eigenvalue weighted by atomic mass is 16.5. The Morgan fingerprint density at radius 3 is 0.451 bits per heavy atom. The third kappa shape index (κ3) is 25.3. The molecule has 144 heavy (non-hydrogen) atoms. The number of hydrogen-bond acceptors (Lipinski definition) is 16. The Labute approximate surface area is 844 Å². The standard InChI is InChI=1S/C128H120N4O12/c1-9-25-89(26-10-1)77-137-109-65-97(66-110(73-109)138-78-90-27-11-2-12-28-90)85-133-105-49-41-101(42-50-105)125-117-57-59-119(129-117)126(102-43-51-106(52-44-102)134-86-98-67-111(139-79-91-29-13-3-14-30-91)74-112(68-98)140-80-92-31-15-4-16-32-92)121-61-63-123(131-121)128(104-47-55-108(56-48-104)136-88-100-71-115(143-83-95-37-21-7-22-38-95)76-116(72-100)144-84-96-39-23-8-24-40-96)124-64-62-122(132-124)127(120-60-58-118(125)130-120)103-45-53-107(54-46-103)135-87-99-69-113(141-81-93-33-17-5-18-34-93)75-114(70-99)142-82-94-35-19-6-20-36-94/h1-57,59,62,64-76,117-132H,58,60-61,63,77-88H2. The average molecular weight is 1910 g/mol. The molecule has 0 saturated carbocycles. The molecule has 12 atom stereocenters. The van der Waals surface area contributed by atoms with Gasteiger partial charge in [-0.3, -0.25) is 0 Å². The monoisotopic (exact) mass is 1900 g/mol. The van der Waals surface area contributed by atoms with Gasteiger partial charge in [-0.1, -0.05) is 315 Å². The fraction of sp³-hybridized carbons (Fsp3) is 0.219. The maximum absolute atomic E-state index is 6.82. The molecule has 0 aliphatic carbocycles. The Morgan fingerprint density at radius 1 is 0.146 bits per heavy atom. The van der Waals surface area contributed by atoms with Crippen LogP contribution >= 0.6 is 0 Å². The first-order chi connectivity index (χ1) is 71.2. The number of fused-ring (bicyclic) bond motifs is 8. The SMILES string of the molecule is C1=CC2NC1C(c1ccc(OCc3cc(OCc4ccccc4)cc(OCc4ccccc4)c3)cc1)C1CCC(N1)C(c1ccc(OCc3cc(OCc4ccccc4)cc(OCc4ccccc4)c3)cc1)C1C=CC(N1)C(c1ccc(OCc3cc(OCc4ccccc4)cc(OCc4ccccc4)c3)cc1)C1CCC(N1)C2c1ccc(OCc2cc(OCc3ccccc3)cc(OCc3ccccc3)c2)cc1. The molecule has 5 aliphatic heterocycles. The molecular weight excluding hydrogens is 1790 g/mol. The molecule has 0 spiro atoms. The summed E-state index contributed by atoms with van der Waals surface area (Å²) in [4.78, 5) is 0. The van der Waals surface area contributed by atoms with E-state index >= 15 is 0 Å². The predicted octanol–water partition coefficient (Wildman–Crippen LogP) is 26.1. The Balaban J connectivity index is 0.594. The predicted molar refractivity (Wildman–Crippen MR) is 566 cm³/mol. The van der Waals surface area contributed by atoms with Gasteiger partial charge in [0.25, 0.3) is 0 Å². The van der Waals surface area contributed by atoms with E-state index in [1.807, 2.05) is 170 Å². The number of rotatable bonds is 40. The van der Waals surface area contributed by atoms with Gasteiger partial charge in [0.1, 0.15) is 148 Å². The zero-order chi connectivity index (χ0) is 96.6. The van der Waals surface area contributed by atoms with Crippen molar-refractivity contribution in [2.24, 2.45) is 0 Å². The van der Waals surface area contributed by atoms with Gasteiger partial charge in [0.15, 0.2) is 0 Å². The van der Waals surface area contributed by atoms with Crippen LogP contribution in [-0.2, 0) is 79.3 Å². The molecule has 4 N–H and O–H groups in total. The molecular formula is C128H120N4O12. The van der Waals surface area contributed by atoms with Gasteiger partial charge in [-0.05, 0) is 212 Å². The van der Waals surface area contributed by atoms with Crippen LogP contribution < -0.4 is 78.1 Å². The molecule has 3 saturated heterocycles. The van der Waals surface area contributed by atoms with Crippen LogP contribution in [0.2, 0.25) is 0 Å². The molecule has 0 aromatic heterocycles. The summed E-state index contributed by atoms with van der Waals surface area (Å²) in [5.41, 5.74) is 17.2. The van der Waals surface area contributed by atoms with Crippen molar-refractivity contribution in [2.45, 2.75) is 177 Å². The number of hydrogen-bond donors (Lipinski definition) is 4. The highest BCUT2D eigenvalue weighted by Crippen LogP contribution is 2.46. The van der Waals surface area contributed by atoms with E-state index in [4.69, 9.17) is 56.8 Å². The normalized spacial score (nSPS) is 19.7. The van der Waals surface area contributed by atoms with Crippen molar-refractivity contribution in [3.63, 3.8) is 0 Å². The maximum atomic E-state index is 6.82. The first-order valence-electron chi connectivity index (χ1n) is 50.4. The molecule has 5 heterocycles. The minimum atomic E-state index is -0.0676. The highest BCUT2D eigenvalue weighted by molar-refractivity contribution is 5.48. The van der Waals surface area contributed by atoms with Gasteiger partial charge in [-0.15, -0.1) is 0 Å². The molecule has 3 fully saturated rings. The van der Waals surface area contributed by atoms with Gasteiger partial charge in [-0.25, -0.2) is 0 Å². The third-order valence-corrected chi connectivity index (χ3v) is 28.0. The van der Waals surface area contributed by atoms with E-state index in [0.29, 0.717) is 125 Å². The summed E-state index contributed by atoms with van der Waals surface area (Å²) in [6.07, 6.45) is 13.6. The second kappa shape index (κ2) is 46.9. The van der Waals surface area contributed by atoms with Crippen molar-refractivity contribution < 1.29 is 56.8 Å². The second-order valence-electron chi connectivity index (χ2n) is 38.1. The lowest BCUT2D eigenvalue weighted by Gasteiger charge is -2.38. The van der Waals surface area contributed by atoms with Crippen LogP contribution in [0.1, 0.15) is 138 Å². The van der Waals surface area contributed by atoms with Gasteiger partial charge in [0.05, 0.1) is 0 Å². The Kier molecular flexibility index (Phi) is 30.8. The van der Waals surface area contributed by atoms with Crippen molar-refractivity contribution in [2.75, 3.05) is 0 Å². The summed E-state index contributed by atoms with van der Waals surface area (Å²) < 4.78 is 79.1. The third-order valence-electron chi connectivity index (χ3n) is 28.0. The molecule has 16 nitrogen and oxygen atoms in total. The highest BCUT2D eigenvalue weighted by Gasteiger charge is 2.48. The molecule has 0 radical (unpaired) electrons. The van der Waals surface area contributed by atoms with Gasteiger partial charge >= 0.3 is 0 Å². The summed E-state index contributed by atoms with van der Waals surface area (Å²) in [6.45, 7) is 4.52. The number of ether oxygens (including phenoxy) is 12.